The number of aliphatic hydroxyl groups is 2. The van der Waals surface area contributed by atoms with E-state index in [1.165, 1.54) is 0 Å². The van der Waals surface area contributed by atoms with Gasteiger partial charge in [0.15, 0.2) is 5.58 Å². The van der Waals surface area contributed by atoms with E-state index in [4.69, 9.17) is 28.7 Å². The fourth-order valence-corrected chi connectivity index (χ4v) is 6.87. The number of rotatable bonds is 9. The molecule has 0 spiro atoms. The van der Waals surface area contributed by atoms with Gasteiger partial charge in [0.1, 0.15) is 23.1 Å². The lowest BCUT2D eigenvalue weighted by atomic mass is 9.94. The first-order valence-corrected chi connectivity index (χ1v) is 16.1. The second kappa shape index (κ2) is 13.3. The third-order valence-corrected chi connectivity index (χ3v) is 9.42. The van der Waals surface area contributed by atoms with Gasteiger partial charge in [-0.1, -0.05) is 24.3 Å². The van der Waals surface area contributed by atoms with Crippen LogP contribution in [0.5, 0.6) is 11.5 Å². The van der Waals surface area contributed by atoms with Crippen LogP contribution in [-0.2, 0) is 17.9 Å². The van der Waals surface area contributed by atoms with Crippen LogP contribution in [0.15, 0.2) is 71.3 Å². The zero-order valence-corrected chi connectivity index (χ0v) is 27.8. The highest BCUT2D eigenvalue weighted by Crippen LogP contribution is 2.39. The van der Waals surface area contributed by atoms with E-state index < -0.39 is 6.10 Å². The number of likely N-dealkylation sites (N-methyl/N-ethyl adjacent to an activating group) is 1. The molecule has 11 heteroatoms. The maximum atomic E-state index is 10.5. The molecular formula is C38H37N5O6. The molecule has 11 nitrogen and oxygen atoms in total. The van der Waals surface area contributed by atoms with Crippen LogP contribution in [0.25, 0.3) is 50.3 Å². The second-order valence-electron chi connectivity index (χ2n) is 12.3. The van der Waals surface area contributed by atoms with E-state index in [-0.39, 0.29) is 12.6 Å². The number of methoxy groups -OCH3 is 2. The topological polar surface area (TPSA) is 139 Å². The van der Waals surface area contributed by atoms with Crippen molar-refractivity contribution in [2.24, 2.45) is 0 Å². The van der Waals surface area contributed by atoms with E-state index in [1.807, 2.05) is 61.2 Å². The number of aromatic nitrogens is 3. The van der Waals surface area contributed by atoms with Gasteiger partial charge in [0.05, 0.1) is 62.1 Å². The molecule has 1 saturated heterocycles. The summed E-state index contributed by atoms with van der Waals surface area (Å²) < 4.78 is 25.2. The molecule has 2 N–H and O–H groups in total. The summed E-state index contributed by atoms with van der Waals surface area (Å²) >= 11 is 0. The van der Waals surface area contributed by atoms with Crippen LogP contribution in [0.2, 0.25) is 0 Å². The van der Waals surface area contributed by atoms with Crippen LogP contribution in [0.3, 0.4) is 0 Å². The minimum Gasteiger partial charge on any atom is -0.496 e. The molecule has 6 aromatic rings. The average Bonchev–Trinajstić information content (AvgIpc) is 3.76. The molecule has 1 fully saturated rings. The standard InChI is InChI=1S/C38H37N5O6/c1-22-26(7-5-8-27(22)38-41-31-14-23(20-44)13-24(17-39)37(31)49-38)28-9-6-10-32-29(28)18-40-43(32)25-15-35(46-3)30(36(16-25)47-4)19-42(2)33-11-12-48-21-34(33)45/h5-10,13-16,18,33-34,44-45H,11-12,19-21H2,1-4H3/t33-,34-/m0/s1. The lowest BCUT2D eigenvalue weighted by Gasteiger charge is -2.35. The molecule has 0 amide bonds. The van der Waals surface area contributed by atoms with Crippen LogP contribution >= 0.6 is 0 Å². The predicted molar refractivity (Wildman–Crippen MR) is 185 cm³/mol. The molecule has 2 atom stereocenters. The highest BCUT2D eigenvalue weighted by Gasteiger charge is 2.29. The molecule has 0 saturated carbocycles. The number of benzene rings is 4. The number of fused-ring (bicyclic) bond motifs is 2. The summed E-state index contributed by atoms with van der Waals surface area (Å²) in [6.07, 6.45) is 2.04. The summed E-state index contributed by atoms with van der Waals surface area (Å²) in [6, 6.07) is 21.5. The smallest absolute Gasteiger partial charge is 0.227 e. The van der Waals surface area contributed by atoms with Gasteiger partial charge in [0, 0.05) is 42.3 Å². The third-order valence-electron chi connectivity index (χ3n) is 9.42. The highest BCUT2D eigenvalue weighted by molar-refractivity contribution is 5.97. The second-order valence-corrected chi connectivity index (χ2v) is 12.3. The van der Waals surface area contributed by atoms with Gasteiger partial charge in [0.2, 0.25) is 5.89 Å². The van der Waals surface area contributed by atoms with Crippen molar-refractivity contribution in [2.75, 3.05) is 34.5 Å². The van der Waals surface area contributed by atoms with E-state index in [0.29, 0.717) is 59.4 Å². The Labute approximate surface area is 283 Å². The molecule has 1 aliphatic rings. The molecule has 0 aliphatic carbocycles. The first-order chi connectivity index (χ1) is 23.8. The van der Waals surface area contributed by atoms with Crippen LogP contribution in [-0.4, -0.2) is 76.5 Å². The molecule has 0 radical (unpaired) electrons. The zero-order chi connectivity index (χ0) is 34.2. The minimum absolute atomic E-state index is 0.0324. The fraction of sp³-hybridized carbons (Fsp3) is 0.289. The van der Waals surface area contributed by atoms with Crippen LogP contribution in [0, 0.1) is 18.3 Å². The van der Waals surface area contributed by atoms with Crippen LogP contribution in [0.4, 0.5) is 0 Å². The Bertz CT molecular complexity index is 2190. The van der Waals surface area contributed by atoms with Crippen molar-refractivity contribution in [1.29, 1.82) is 5.26 Å². The summed E-state index contributed by atoms with van der Waals surface area (Å²) in [7, 11) is 5.28. The quantitative estimate of drug-likeness (QED) is 0.197. The van der Waals surface area contributed by atoms with Gasteiger partial charge >= 0.3 is 0 Å². The molecule has 49 heavy (non-hydrogen) atoms. The maximum absolute atomic E-state index is 10.5. The molecule has 0 unspecified atom stereocenters. The Morgan fingerprint density at radius 2 is 1.78 bits per heavy atom. The van der Waals surface area contributed by atoms with Crippen molar-refractivity contribution < 1.29 is 28.8 Å². The number of oxazole rings is 1. The highest BCUT2D eigenvalue weighted by atomic mass is 16.5. The van der Waals surface area contributed by atoms with Crippen LogP contribution < -0.4 is 9.47 Å². The van der Waals surface area contributed by atoms with Gasteiger partial charge in [-0.3, -0.25) is 4.90 Å². The van der Waals surface area contributed by atoms with E-state index in [0.717, 1.165) is 50.8 Å². The monoisotopic (exact) mass is 659 g/mol. The number of ether oxygens (including phenoxy) is 3. The van der Waals surface area contributed by atoms with Gasteiger partial charge in [-0.05, 0) is 66.9 Å². The summed E-state index contributed by atoms with van der Waals surface area (Å²) in [5.74, 6) is 1.73. The van der Waals surface area contributed by atoms with E-state index in [2.05, 4.69) is 23.1 Å². The first kappa shape index (κ1) is 32.3. The SMILES string of the molecule is COc1cc(-n2ncc3c(-c4cccc(-c5nc6cc(CO)cc(C#N)c6o5)c4C)cccc32)cc(OC)c1CN(C)[C@H]1CCOC[C@@H]1O. The molecule has 1 aliphatic heterocycles. The number of nitrogens with zero attached hydrogens (tertiary/aromatic N) is 5. The molecule has 3 heterocycles. The summed E-state index contributed by atoms with van der Waals surface area (Å²) in [5.41, 5.74) is 8.17. The Balaban J connectivity index is 1.27. The van der Waals surface area contributed by atoms with Gasteiger partial charge in [0.25, 0.3) is 0 Å². The molecule has 0 bridgehead atoms. The van der Waals surface area contributed by atoms with Gasteiger partial charge in [-0.2, -0.15) is 10.4 Å². The van der Waals surface area contributed by atoms with Crippen molar-refractivity contribution in [2.45, 2.75) is 38.6 Å². The lowest BCUT2D eigenvalue weighted by molar-refractivity contribution is -0.0606. The zero-order valence-electron chi connectivity index (χ0n) is 27.8. The third kappa shape index (κ3) is 5.79. The van der Waals surface area contributed by atoms with Crippen molar-refractivity contribution in [3.05, 3.63) is 89.1 Å². The normalized spacial score (nSPS) is 16.4. The fourth-order valence-electron chi connectivity index (χ4n) is 6.87. The van der Waals surface area contributed by atoms with E-state index >= 15 is 0 Å². The Morgan fingerprint density at radius 3 is 2.49 bits per heavy atom. The Hall–Kier alpha value is -5.25. The number of hydrogen-bond donors (Lipinski definition) is 2. The average molecular weight is 660 g/mol. The summed E-state index contributed by atoms with van der Waals surface area (Å²) in [5, 5.41) is 35.6. The molecule has 250 valence electrons. The maximum Gasteiger partial charge on any atom is 0.227 e. The van der Waals surface area contributed by atoms with Crippen molar-refractivity contribution in [1.82, 2.24) is 19.7 Å². The number of nitriles is 1. The largest absolute Gasteiger partial charge is 0.496 e. The van der Waals surface area contributed by atoms with Gasteiger partial charge < -0.3 is 28.8 Å². The lowest BCUT2D eigenvalue weighted by Crippen LogP contribution is -2.47. The Morgan fingerprint density at radius 1 is 1.04 bits per heavy atom. The van der Waals surface area contributed by atoms with Crippen molar-refractivity contribution in [3.8, 4) is 45.8 Å². The van der Waals surface area contributed by atoms with E-state index in [9.17, 15) is 15.5 Å². The van der Waals surface area contributed by atoms with Crippen molar-refractivity contribution >= 4 is 22.0 Å². The summed E-state index contributed by atoms with van der Waals surface area (Å²) in [4.78, 5) is 6.82. The molecule has 2 aromatic heterocycles. The first-order valence-electron chi connectivity index (χ1n) is 16.1. The van der Waals surface area contributed by atoms with Gasteiger partial charge in [-0.15, -0.1) is 0 Å². The number of hydrogen-bond acceptors (Lipinski definition) is 10. The predicted octanol–water partition coefficient (Wildman–Crippen LogP) is 5.77. The van der Waals surface area contributed by atoms with Crippen molar-refractivity contribution in [3.63, 3.8) is 0 Å². The molecular weight excluding hydrogens is 622 g/mol. The minimum atomic E-state index is -0.560. The van der Waals surface area contributed by atoms with E-state index in [1.54, 1.807) is 26.4 Å². The van der Waals surface area contributed by atoms with Crippen LogP contribution in [0.1, 0.15) is 28.7 Å². The molecule has 7 rings (SSSR count). The van der Waals surface area contributed by atoms with Gasteiger partial charge in [-0.25, -0.2) is 9.67 Å². The molecule has 4 aromatic carbocycles. The number of aliphatic hydroxyl groups excluding tert-OH is 2. The Kier molecular flexibility index (Phi) is 8.79. The summed E-state index contributed by atoms with van der Waals surface area (Å²) in [6.45, 7) is 3.30.